The second-order valence-corrected chi connectivity index (χ2v) is 5.42. The van der Waals surface area contributed by atoms with E-state index in [0.29, 0.717) is 0 Å². The topological polar surface area (TPSA) is 29.0 Å². The lowest BCUT2D eigenvalue weighted by Crippen LogP contribution is -2.19. The van der Waals surface area contributed by atoms with Gasteiger partial charge >= 0.3 is 0 Å². The van der Waals surface area contributed by atoms with Crippen molar-refractivity contribution in [3.63, 3.8) is 0 Å². The Bertz CT molecular complexity index is 613. The minimum absolute atomic E-state index is 0.970. The molecule has 1 aliphatic heterocycles. The fraction of sp³-hybridized carbons (Fsp3) is 0.412. The summed E-state index contributed by atoms with van der Waals surface area (Å²) in [6.07, 6.45) is 8.15. The Morgan fingerprint density at radius 2 is 1.80 bits per heavy atom. The number of para-hydroxylation sites is 2. The van der Waals surface area contributed by atoms with E-state index in [1.165, 1.54) is 25.9 Å². The fourth-order valence-electron chi connectivity index (χ4n) is 2.72. The van der Waals surface area contributed by atoms with E-state index in [1.807, 2.05) is 31.2 Å². The summed E-state index contributed by atoms with van der Waals surface area (Å²) in [4.78, 5) is 11.8. The van der Waals surface area contributed by atoms with Crippen molar-refractivity contribution in [2.45, 2.75) is 26.2 Å². The van der Waals surface area contributed by atoms with Crippen LogP contribution >= 0.6 is 0 Å². The van der Waals surface area contributed by atoms with Gasteiger partial charge in [-0.2, -0.15) is 0 Å². The average Bonchev–Trinajstić information content (AvgIpc) is 2.97. The van der Waals surface area contributed by atoms with E-state index in [-0.39, 0.29) is 0 Å². The van der Waals surface area contributed by atoms with Gasteiger partial charge in [0.1, 0.15) is 0 Å². The van der Waals surface area contributed by atoms with E-state index < -0.39 is 0 Å². The highest BCUT2D eigenvalue weighted by Crippen LogP contribution is 2.14. The van der Waals surface area contributed by atoms with E-state index in [2.05, 4.69) is 27.0 Å². The predicted molar refractivity (Wildman–Crippen MR) is 83.6 cm³/mol. The lowest BCUT2D eigenvalue weighted by molar-refractivity contribution is 0.346. The van der Waals surface area contributed by atoms with Crippen LogP contribution < -0.4 is 0 Å². The molecular formula is C17H21N3. The van der Waals surface area contributed by atoms with Gasteiger partial charge in [0.25, 0.3) is 0 Å². The van der Waals surface area contributed by atoms with Gasteiger partial charge in [-0.05, 0) is 57.5 Å². The number of fused-ring (bicyclic) bond motifs is 1. The lowest BCUT2D eigenvalue weighted by atomic mass is 10.2. The van der Waals surface area contributed by atoms with Gasteiger partial charge in [0, 0.05) is 6.54 Å². The van der Waals surface area contributed by atoms with E-state index in [4.69, 9.17) is 0 Å². The number of rotatable bonds is 4. The quantitative estimate of drug-likeness (QED) is 0.849. The van der Waals surface area contributed by atoms with Gasteiger partial charge in [0.05, 0.1) is 22.4 Å². The Labute approximate surface area is 120 Å². The molecule has 0 amide bonds. The van der Waals surface area contributed by atoms with Crippen molar-refractivity contribution in [3.8, 4) is 0 Å². The van der Waals surface area contributed by atoms with Gasteiger partial charge in [0.15, 0.2) is 0 Å². The van der Waals surface area contributed by atoms with Crippen LogP contribution in [0.15, 0.2) is 30.3 Å². The number of aryl methyl sites for hydroxylation is 1. The number of aromatic nitrogens is 2. The first-order chi connectivity index (χ1) is 9.83. The number of hydrogen-bond donors (Lipinski definition) is 0. The molecule has 1 saturated heterocycles. The smallest absolute Gasteiger partial charge is 0.0894 e. The lowest BCUT2D eigenvalue weighted by Gasteiger charge is -2.12. The van der Waals surface area contributed by atoms with Crippen LogP contribution in [-0.2, 0) is 0 Å². The molecule has 1 aromatic carbocycles. The fourth-order valence-corrected chi connectivity index (χ4v) is 2.72. The molecule has 1 aromatic heterocycles. The first kappa shape index (κ1) is 13.3. The summed E-state index contributed by atoms with van der Waals surface area (Å²) in [6, 6.07) is 8.04. The molecule has 1 fully saturated rings. The minimum atomic E-state index is 0.970. The highest BCUT2D eigenvalue weighted by atomic mass is 15.1. The summed E-state index contributed by atoms with van der Waals surface area (Å²) >= 11 is 0. The standard InChI is InChI=1S/C17H21N3/c1-14-15(8-4-5-11-20-12-6-7-13-20)19-17-10-3-2-9-16(17)18-14/h2-4,8-10H,5-7,11-13H2,1H3/b8-4+. The van der Waals surface area contributed by atoms with Crippen molar-refractivity contribution in [3.05, 3.63) is 41.7 Å². The zero-order valence-corrected chi connectivity index (χ0v) is 12.0. The Kier molecular flexibility index (Phi) is 4.07. The number of nitrogens with zero attached hydrogens (tertiary/aromatic N) is 3. The van der Waals surface area contributed by atoms with E-state index in [9.17, 15) is 0 Å². The van der Waals surface area contributed by atoms with Crippen LogP contribution in [0.25, 0.3) is 17.1 Å². The Hall–Kier alpha value is -1.74. The van der Waals surface area contributed by atoms with Gasteiger partial charge in [0.2, 0.25) is 0 Å². The molecule has 1 aliphatic rings. The summed E-state index contributed by atoms with van der Waals surface area (Å²) in [6.45, 7) is 5.72. The number of hydrogen-bond acceptors (Lipinski definition) is 3. The van der Waals surface area contributed by atoms with Crippen LogP contribution in [0.3, 0.4) is 0 Å². The Balaban J connectivity index is 1.68. The van der Waals surface area contributed by atoms with Crippen molar-refractivity contribution >= 4 is 17.1 Å². The zero-order chi connectivity index (χ0) is 13.8. The van der Waals surface area contributed by atoms with Crippen LogP contribution in [-0.4, -0.2) is 34.5 Å². The summed E-state index contributed by atoms with van der Waals surface area (Å²) in [5.41, 5.74) is 3.93. The third-order valence-corrected chi connectivity index (χ3v) is 3.87. The molecule has 3 nitrogen and oxygen atoms in total. The Morgan fingerprint density at radius 3 is 2.55 bits per heavy atom. The molecule has 0 saturated carbocycles. The summed E-state index contributed by atoms with van der Waals surface area (Å²) < 4.78 is 0. The molecule has 0 bridgehead atoms. The van der Waals surface area contributed by atoms with Gasteiger partial charge in [-0.3, -0.25) is 0 Å². The van der Waals surface area contributed by atoms with Crippen LogP contribution in [0.5, 0.6) is 0 Å². The largest absolute Gasteiger partial charge is 0.303 e. The third-order valence-electron chi connectivity index (χ3n) is 3.87. The molecule has 0 aliphatic carbocycles. The predicted octanol–water partition coefficient (Wildman–Crippen LogP) is 3.44. The average molecular weight is 267 g/mol. The summed E-state index contributed by atoms with van der Waals surface area (Å²) in [5, 5.41) is 0. The normalized spacial score (nSPS) is 16.4. The van der Waals surface area contributed by atoms with E-state index in [0.717, 1.165) is 35.4 Å². The molecule has 0 radical (unpaired) electrons. The summed E-state index contributed by atoms with van der Waals surface area (Å²) in [5.74, 6) is 0. The molecule has 2 aromatic rings. The van der Waals surface area contributed by atoms with E-state index >= 15 is 0 Å². The maximum absolute atomic E-state index is 4.68. The maximum Gasteiger partial charge on any atom is 0.0894 e. The highest BCUT2D eigenvalue weighted by molar-refractivity contribution is 5.75. The third kappa shape index (κ3) is 3.05. The van der Waals surface area contributed by atoms with Crippen LogP contribution in [0.1, 0.15) is 30.7 Å². The number of likely N-dealkylation sites (tertiary alicyclic amines) is 1. The second kappa shape index (κ2) is 6.14. The number of benzene rings is 1. The van der Waals surface area contributed by atoms with Gasteiger partial charge in [-0.25, -0.2) is 9.97 Å². The van der Waals surface area contributed by atoms with E-state index in [1.54, 1.807) is 0 Å². The zero-order valence-electron chi connectivity index (χ0n) is 12.0. The maximum atomic E-state index is 4.68. The molecule has 2 heterocycles. The van der Waals surface area contributed by atoms with Crippen LogP contribution in [0.2, 0.25) is 0 Å². The van der Waals surface area contributed by atoms with Crippen molar-refractivity contribution in [1.29, 1.82) is 0 Å². The van der Waals surface area contributed by atoms with Gasteiger partial charge < -0.3 is 4.90 Å². The molecule has 0 atom stereocenters. The molecule has 104 valence electrons. The van der Waals surface area contributed by atoms with Gasteiger partial charge in [-0.1, -0.05) is 18.2 Å². The first-order valence-electron chi connectivity index (χ1n) is 7.45. The van der Waals surface area contributed by atoms with Crippen LogP contribution in [0.4, 0.5) is 0 Å². The second-order valence-electron chi connectivity index (χ2n) is 5.42. The van der Waals surface area contributed by atoms with Crippen molar-refractivity contribution in [2.75, 3.05) is 19.6 Å². The molecule has 3 rings (SSSR count). The molecule has 3 heteroatoms. The van der Waals surface area contributed by atoms with Crippen LogP contribution in [0, 0.1) is 6.92 Å². The molecular weight excluding hydrogens is 246 g/mol. The van der Waals surface area contributed by atoms with Crippen molar-refractivity contribution in [2.24, 2.45) is 0 Å². The summed E-state index contributed by atoms with van der Waals surface area (Å²) in [7, 11) is 0. The highest BCUT2D eigenvalue weighted by Gasteiger charge is 2.09. The van der Waals surface area contributed by atoms with Crippen molar-refractivity contribution in [1.82, 2.24) is 14.9 Å². The first-order valence-corrected chi connectivity index (χ1v) is 7.45. The minimum Gasteiger partial charge on any atom is -0.303 e. The monoisotopic (exact) mass is 267 g/mol. The molecule has 20 heavy (non-hydrogen) atoms. The molecule has 0 spiro atoms. The van der Waals surface area contributed by atoms with Crippen molar-refractivity contribution < 1.29 is 0 Å². The van der Waals surface area contributed by atoms with Gasteiger partial charge in [-0.15, -0.1) is 0 Å². The Morgan fingerprint density at radius 1 is 1.10 bits per heavy atom. The molecule has 0 unspecified atom stereocenters. The SMILES string of the molecule is Cc1nc2ccccc2nc1/C=C/CCN1CCCC1. The molecule has 0 N–H and O–H groups in total.